The third-order valence-corrected chi connectivity index (χ3v) is 5.43. The van der Waals surface area contributed by atoms with E-state index >= 15 is 0 Å². The molecular weight excluding hydrogens is 426 g/mol. The van der Waals surface area contributed by atoms with Crippen molar-refractivity contribution >= 4 is 50.2 Å². The van der Waals surface area contributed by atoms with Crippen LogP contribution < -0.4 is 5.56 Å². The van der Waals surface area contributed by atoms with Crippen LogP contribution in [-0.2, 0) is 9.47 Å². The summed E-state index contributed by atoms with van der Waals surface area (Å²) in [6.07, 6.45) is 1.16. The Morgan fingerprint density at radius 3 is 2.83 bits per heavy atom. The van der Waals surface area contributed by atoms with E-state index in [9.17, 15) is 18.4 Å². The molecule has 3 rings (SSSR count). The summed E-state index contributed by atoms with van der Waals surface area (Å²) in [4.78, 5) is 32.0. The number of aromatic nitrogens is 2. The molecule has 0 unspecified atom stereocenters. The van der Waals surface area contributed by atoms with Crippen LogP contribution in [0.5, 0.6) is 0 Å². The van der Waals surface area contributed by atoms with Gasteiger partial charge in [0.05, 0.1) is 17.0 Å². The summed E-state index contributed by atoms with van der Waals surface area (Å²) in [7, 11) is 1.48. The molecule has 3 aromatic rings. The van der Waals surface area contributed by atoms with Gasteiger partial charge in [-0.05, 0) is 36.8 Å². The van der Waals surface area contributed by atoms with E-state index in [1.54, 1.807) is 6.92 Å². The molecule has 1 N–H and O–H groups in total. The number of hydrogen-bond acceptors (Lipinski definition) is 6. The summed E-state index contributed by atoms with van der Waals surface area (Å²) in [6, 6.07) is 2.92. The number of nitrogens with one attached hydrogen (secondary N) is 1. The number of halogens is 3. The number of nitrogens with zero attached hydrogens (tertiary/aromatic N) is 1. The fourth-order valence-corrected chi connectivity index (χ4v) is 3.85. The number of hydrogen-bond donors (Lipinski definition) is 1. The number of H-pyrrole nitrogens is 1. The summed E-state index contributed by atoms with van der Waals surface area (Å²) in [5.41, 5.74) is -0.174. The summed E-state index contributed by atoms with van der Waals surface area (Å²) in [5.74, 6) is -1.94. The Morgan fingerprint density at radius 2 is 2.10 bits per heavy atom. The van der Waals surface area contributed by atoms with Crippen molar-refractivity contribution in [2.24, 2.45) is 0 Å². The number of methoxy groups -OCH3 is 1. The van der Waals surface area contributed by atoms with Crippen molar-refractivity contribution in [3.05, 3.63) is 62.0 Å². The smallest absolute Gasteiger partial charge is 0.348 e. The molecule has 2 heterocycles. The Labute approximate surface area is 172 Å². The van der Waals surface area contributed by atoms with Crippen LogP contribution in [0.2, 0.25) is 0 Å². The van der Waals surface area contributed by atoms with Gasteiger partial charge in [0.15, 0.2) is 5.82 Å². The monoisotopic (exact) mass is 440 g/mol. The molecule has 6 nitrogen and oxygen atoms in total. The molecule has 0 fully saturated rings. The predicted octanol–water partition coefficient (Wildman–Crippen LogP) is 4.11. The number of aromatic amines is 1. The molecule has 0 aliphatic carbocycles. The number of ether oxygens (including phenoxy) is 2. The second-order valence-electron chi connectivity index (χ2n) is 5.94. The van der Waals surface area contributed by atoms with E-state index < -0.39 is 23.2 Å². The molecule has 0 spiro atoms. The van der Waals surface area contributed by atoms with Gasteiger partial charge in [0.2, 0.25) is 0 Å². The first-order valence-corrected chi connectivity index (χ1v) is 9.53. The van der Waals surface area contributed by atoms with Crippen LogP contribution in [0.1, 0.15) is 26.6 Å². The first kappa shape index (κ1) is 21.1. The van der Waals surface area contributed by atoms with Crippen LogP contribution in [0, 0.1) is 18.6 Å². The minimum atomic E-state index is -0.680. The highest BCUT2D eigenvalue weighted by Gasteiger charge is 2.21. The maximum absolute atomic E-state index is 13.8. The van der Waals surface area contributed by atoms with Gasteiger partial charge in [-0.25, -0.2) is 18.6 Å². The van der Waals surface area contributed by atoms with Gasteiger partial charge in [-0.1, -0.05) is 11.6 Å². The molecule has 0 bridgehead atoms. The summed E-state index contributed by atoms with van der Waals surface area (Å²) < 4.78 is 37.1. The van der Waals surface area contributed by atoms with Crippen molar-refractivity contribution in [3.63, 3.8) is 0 Å². The molecule has 0 aliphatic heterocycles. The van der Waals surface area contributed by atoms with Crippen LogP contribution in [0.4, 0.5) is 8.78 Å². The molecule has 0 saturated carbocycles. The zero-order chi connectivity index (χ0) is 21.1. The molecule has 0 radical (unpaired) electrons. The fraction of sp³-hybridized carbons (Fsp3) is 0.211. The average Bonchev–Trinajstić information content (AvgIpc) is 3.02. The molecule has 10 heteroatoms. The second kappa shape index (κ2) is 8.81. The number of aryl methyl sites for hydroxylation is 1. The third-order valence-electron chi connectivity index (χ3n) is 3.97. The van der Waals surface area contributed by atoms with E-state index in [0.29, 0.717) is 5.56 Å². The molecule has 0 saturated heterocycles. The lowest BCUT2D eigenvalue weighted by Gasteiger charge is -2.02. The van der Waals surface area contributed by atoms with Crippen molar-refractivity contribution in [1.82, 2.24) is 9.97 Å². The van der Waals surface area contributed by atoms with Gasteiger partial charge >= 0.3 is 5.97 Å². The van der Waals surface area contributed by atoms with E-state index in [0.717, 1.165) is 35.6 Å². The van der Waals surface area contributed by atoms with Gasteiger partial charge < -0.3 is 14.5 Å². The Balaban J connectivity index is 2.01. The van der Waals surface area contributed by atoms with E-state index in [4.69, 9.17) is 21.1 Å². The van der Waals surface area contributed by atoms with Gasteiger partial charge in [0.1, 0.15) is 27.9 Å². The number of fused-ring (bicyclic) bond motifs is 1. The van der Waals surface area contributed by atoms with Crippen molar-refractivity contribution in [3.8, 4) is 0 Å². The van der Waals surface area contributed by atoms with E-state index in [1.807, 2.05) is 0 Å². The number of carbonyl (C=O) groups excluding carboxylic acids is 1. The van der Waals surface area contributed by atoms with Crippen LogP contribution in [0.25, 0.3) is 21.3 Å². The maximum Gasteiger partial charge on any atom is 0.348 e. The molecule has 2 aromatic heterocycles. The Kier molecular flexibility index (Phi) is 6.41. The summed E-state index contributed by atoms with van der Waals surface area (Å²) >= 11 is 7.15. The maximum atomic E-state index is 13.8. The SMILES string of the molecule is COCCOC(=O)c1sc2nc(/C(Cl)=C/c3cc(F)ccc3F)[nH]c(=O)c2c1C. The van der Waals surface area contributed by atoms with Crippen molar-refractivity contribution < 1.29 is 23.0 Å². The lowest BCUT2D eigenvalue weighted by atomic mass is 10.2. The van der Waals surface area contributed by atoms with Crippen molar-refractivity contribution in [2.45, 2.75) is 6.92 Å². The van der Waals surface area contributed by atoms with Gasteiger partial charge in [0, 0.05) is 12.7 Å². The number of thiophene rings is 1. The van der Waals surface area contributed by atoms with E-state index in [1.165, 1.54) is 7.11 Å². The highest BCUT2D eigenvalue weighted by Crippen LogP contribution is 2.29. The first-order valence-electron chi connectivity index (χ1n) is 8.34. The fourth-order valence-electron chi connectivity index (χ4n) is 2.57. The number of rotatable bonds is 6. The zero-order valence-corrected chi connectivity index (χ0v) is 16.9. The quantitative estimate of drug-likeness (QED) is 0.461. The molecule has 29 heavy (non-hydrogen) atoms. The van der Waals surface area contributed by atoms with Crippen LogP contribution in [0.3, 0.4) is 0 Å². The standard InChI is InChI=1S/C19H15ClF2N2O4S/c1-9-14-17(25)23-16(12(20)8-10-7-11(21)3-4-13(10)22)24-18(14)29-15(9)19(26)28-6-5-27-2/h3-4,7-8H,5-6H2,1-2H3,(H,23,24,25)/b12-8-. The Morgan fingerprint density at radius 1 is 1.34 bits per heavy atom. The molecule has 1 aromatic carbocycles. The lowest BCUT2D eigenvalue weighted by molar-refractivity contribution is 0.0393. The van der Waals surface area contributed by atoms with Crippen molar-refractivity contribution in [1.29, 1.82) is 0 Å². The van der Waals surface area contributed by atoms with E-state index in [-0.39, 0.29) is 44.7 Å². The normalized spacial score (nSPS) is 11.8. The first-order chi connectivity index (χ1) is 13.8. The molecular formula is C19H15ClF2N2O4S. The van der Waals surface area contributed by atoms with Gasteiger partial charge in [-0.2, -0.15) is 0 Å². The van der Waals surface area contributed by atoms with Gasteiger partial charge in [0.25, 0.3) is 5.56 Å². The summed E-state index contributed by atoms with van der Waals surface area (Å²) in [6.45, 7) is 1.93. The highest BCUT2D eigenvalue weighted by molar-refractivity contribution is 7.20. The largest absolute Gasteiger partial charge is 0.459 e. The Hall–Kier alpha value is -2.62. The van der Waals surface area contributed by atoms with Gasteiger partial charge in [-0.3, -0.25) is 4.79 Å². The summed E-state index contributed by atoms with van der Waals surface area (Å²) in [5, 5.41) is 0.141. The molecule has 0 amide bonds. The lowest BCUT2D eigenvalue weighted by Crippen LogP contribution is -2.11. The number of esters is 1. The second-order valence-corrected chi connectivity index (χ2v) is 7.34. The number of benzene rings is 1. The topological polar surface area (TPSA) is 81.3 Å². The third kappa shape index (κ3) is 4.52. The molecule has 0 atom stereocenters. The van der Waals surface area contributed by atoms with Gasteiger partial charge in [-0.15, -0.1) is 11.3 Å². The predicted molar refractivity (Wildman–Crippen MR) is 107 cm³/mol. The van der Waals surface area contributed by atoms with E-state index in [2.05, 4.69) is 9.97 Å². The number of carbonyl (C=O) groups is 1. The average molecular weight is 441 g/mol. The zero-order valence-electron chi connectivity index (χ0n) is 15.3. The minimum absolute atomic E-state index is 0.0339. The Bertz CT molecular complexity index is 1170. The molecule has 152 valence electrons. The highest BCUT2D eigenvalue weighted by atomic mass is 35.5. The van der Waals surface area contributed by atoms with Crippen LogP contribution in [0.15, 0.2) is 23.0 Å². The van der Waals surface area contributed by atoms with Crippen LogP contribution in [-0.4, -0.2) is 36.3 Å². The van der Waals surface area contributed by atoms with Crippen molar-refractivity contribution in [2.75, 3.05) is 20.3 Å². The molecule has 0 aliphatic rings. The minimum Gasteiger partial charge on any atom is -0.459 e. The van der Waals surface area contributed by atoms with Crippen LogP contribution >= 0.6 is 22.9 Å².